The Morgan fingerprint density at radius 3 is 1.85 bits per heavy atom. The van der Waals surface area contributed by atoms with Crippen LogP contribution < -0.4 is 0 Å². The van der Waals surface area contributed by atoms with Crippen LogP contribution in [0.2, 0.25) is 0 Å². The molecule has 0 amide bonds. The summed E-state index contributed by atoms with van der Waals surface area (Å²) in [5.74, 6) is 0.199. The number of hydrogen-bond donors (Lipinski definition) is 0. The SMILES string of the molecule is O=S(=O)(CCc1ccccc1)N1CCN(CCCc2ccccc2)CC1. The van der Waals surface area contributed by atoms with Gasteiger partial charge in [-0.05, 0) is 36.9 Å². The second-order valence-corrected chi connectivity index (χ2v) is 8.97. The Bertz CT molecular complexity index is 755. The number of nitrogens with zero attached hydrogens (tertiary/aromatic N) is 2. The van der Waals surface area contributed by atoms with E-state index in [2.05, 4.69) is 29.2 Å². The first-order valence-electron chi connectivity index (χ1n) is 9.41. The van der Waals surface area contributed by atoms with Crippen molar-refractivity contribution in [2.45, 2.75) is 19.3 Å². The first-order valence-corrected chi connectivity index (χ1v) is 11.0. The molecule has 0 atom stereocenters. The molecule has 140 valence electrons. The van der Waals surface area contributed by atoms with Gasteiger partial charge < -0.3 is 4.90 Å². The van der Waals surface area contributed by atoms with E-state index in [4.69, 9.17) is 0 Å². The van der Waals surface area contributed by atoms with Crippen molar-refractivity contribution in [3.63, 3.8) is 0 Å². The molecule has 2 aromatic carbocycles. The third-order valence-electron chi connectivity index (χ3n) is 5.00. The Morgan fingerprint density at radius 2 is 1.27 bits per heavy atom. The quantitative estimate of drug-likeness (QED) is 0.715. The highest BCUT2D eigenvalue weighted by Gasteiger charge is 2.26. The third-order valence-corrected chi connectivity index (χ3v) is 6.87. The molecule has 1 saturated heterocycles. The van der Waals surface area contributed by atoms with E-state index >= 15 is 0 Å². The van der Waals surface area contributed by atoms with Gasteiger partial charge >= 0.3 is 0 Å². The lowest BCUT2D eigenvalue weighted by atomic mass is 10.1. The Balaban J connectivity index is 1.39. The summed E-state index contributed by atoms with van der Waals surface area (Å²) >= 11 is 0. The second-order valence-electron chi connectivity index (χ2n) is 6.88. The molecule has 0 aromatic heterocycles. The van der Waals surface area contributed by atoms with Crippen molar-refractivity contribution in [2.75, 3.05) is 38.5 Å². The van der Waals surface area contributed by atoms with Gasteiger partial charge in [-0.1, -0.05) is 60.7 Å². The summed E-state index contributed by atoms with van der Waals surface area (Å²) in [6.45, 7) is 3.93. The summed E-state index contributed by atoms with van der Waals surface area (Å²) in [4.78, 5) is 2.38. The van der Waals surface area contributed by atoms with Crippen molar-refractivity contribution in [1.29, 1.82) is 0 Å². The monoisotopic (exact) mass is 372 g/mol. The molecule has 1 aliphatic heterocycles. The average molecular weight is 373 g/mol. The van der Waals surface area contributed by atoms with Gasteiger partial charge in [-0.3, -0.25) is 0 Å². The zero-order valence-corrected chi connectivity index (χ0v) is 16.1. The van der Waals surface area contributed by atoms with Gasteiger partial charge in [-0.15, -0.1) is 0 Å². The van der Waals surface area contributed by atoms with E-state index in [1.165, 1.54) is 5.56 Å². The fourth-order valence-electron chi connectivity index (χ4n) is 3.40. The first-order chi connectivity index (χ1) is 12.6. The van der Waals surface area contributed by atoms with Crippen molar-refractivity contribution in [3.8, 4) is 0 Å². The molecule has 26 heavy (non-hydrogen) atoms. The van der Waals surface area contributed by atoms with Gasteiger partial charge in [0.2, 0.25) is 10.0 Å². The van der Waals surface area contributed by atoms with Crippen molar-refractivity contribution >= 4 is 10.0 Å². The van der Waals surface area contributed by atoms with E-state index in [-0.39, 0.29) is 5.75 Å². The van der Waals surface area contributed by atoms with E-state index in [0.29, 0.717) is 19.5 Å². The molecule has 1 aliphatic rings. The number of hydrogen-bond acceptors (Lipinski definition) is 3. The van der Waals surface area contributed by atoms with E-state index in [9.17, 15) is 8.42 Å². The van der Waals surface area contributed by atoms with Gasteiger partial charge in [-0.25, -0.2) is 8.42 Å². The van der Waals surface area contributed by atoms with E-state index < -0.39 is 10.0 Å². The maximum Gasteiger partial charge on any atom is 0.214 e. The van der Waals surface area contributed by atoms with Gasteiger partial charge in [-0.2, -0.15) is 4.31 Å². The van der Waals surface area contributed by atoms with Crippen molar-refractivity contribution in [1.82, 2.24) is 9.21 Å². The molecule has 0 radical (unpaired) electrons. The lowest BCUT2D eigenvalue weighted by Crippen LogP contribution is -2.49. The summed E-state index contributed by atoms with van der Waals surface area (Å²) in [7, 11) is -3.16. The number of rotatable bonds is 8. The lowest BCUT2D eigenvalue weighted by Gasteiger charge is -2.34. The van der Waals surface area contributed by atoms with E-state index in [1.807, 2.05) is 36.4 Å². The number of aryl methyl sites for hydroxylation is 2. The second kappa shape index (κ2) is 9.31. The van der Waals surface area contributed by atoms with Crippen LogP contribution in [0.1, 0.15) is 17.5 Å². The minimum Gasteiger partial charge on any atom is -0.301 e. The minimum atomic E-state index is -3.16. The van der Waals surface area contributed by atoms with Crippen molar-refractivity contribution in [2.24, 2.45) is 0 Å². The fraction of sp³-hybridized carbons (Fsp3) is 0.429. The summed E-state index contributed by atoms with van der Waals surface area (Å²) in [6, 6.07) is 20.4. The van der Waals surface area contributed by atoms with Crippen molar-refractivity contribution < 1.29 is 8.42 Å². The minimum absolute atomic E-state index is 0.199. The predicted molar refractivity (Wildman–Crippen MR) is 107 cm³/mol. The number of sulfonamides is 1. The van der Waals surface area contributed by atoms with Crippen LogP contribution in [-0.2, 0) is 22.9 Å². The van der Waals surface area contributed by atoms with Crippen LogP contribution in [0, 0.1) is 0 Å². The third kappa shape index (κ3) is 5.66. The van der Waals surface area contributed by atoms with Gasteiger partial charge in [0.1, 0.15) is 0 Å². The molecule has 0 aliphatic carbocycles. The van der Waals surface area contributed by atoms with Crippen LogP contribution in [0.25, 0.3) is 0 Å². The molecule has 4 nitrogen and oxygen atoms in total. The largest absolute Gasteiger partial charge is 0.301 e. The molecule has 0 unspecified atom stereocenters. The average Bonchev–Trinajstić information content (AvgIpc) is 2.69. The van der Waals surface area contributed by atoms with Crippen LogP contribution in [0.15, 0.2) is 60.7 Å². The van der Waals surface area contributed by atoms with Gasteiger partial charge in [0, 0.05) is 26.2 Å². The smallest absolute Gasteiger partial charge is 0.214 e. The normalized spacial score (nSPS) is 16.6. The maximum absolute atomic E-state index is 12.6. The lowest BCUT2D eigenvalue weighted by molar-refractivity contribution is 0.187. The number of piperazine rings is 1. The van der Waals surface area contributed by atoms with Gasteiger partial charge in [0.05, 0.1) is 5.75 Å². The number of benzene rings is 2. The molecule has 5 heteroatoms. The highest BCUT2D eigenvalue weighted by atomic mass is 32.2. The zero-order chi connectivity index (χ0) is 18.2. The molecular weight excluding hydrogens is 344 g/mol. The summed E-state index contributed by atoms with van der Waals surface area (Å²) in [5, 5.41) is 0. The summed E-state index contributed by atoms with van der Waals surface area (Å²) in [6.07, 6.45) is 2.78. The van der Waals surface area contributed by atoms with Crippen LogP contribution in [0.3, 0.4) is 0 Å². The topological polar surface area (TPSA) is 40.6 Å². The zero-order valence-electron chi connectivity index (χ0n) is 15.3. The first kappa shape index (κ1) is 19.1. The summed E-state index contributed by atoms with van der Waals surface area (Å²) < 4.78 is 26.8. The molecule has 1 heterocycles. The van der Waals surface area contributed by atoms with E-state index in [0.717, 1.165) is 38.0 Å². The molecular formula is C21H28N2O2S. The standard InChI is InChI=1S/C21H28N2O2S/c24-26(25,19-13-21-10-5-2-6-11-21)23-17-15-22(16-18-23)14-7-12-20-8-3-1-4-9-20/h1-6,8-11H,7,12-19H2. The van der Waals surface area contributed by atoms with Crippen LogP contribution in [0.5, 0.6) is 0 Å². The molecule has 0 bridgehead atoms. The Morgan fingerprint density at radius 1 is 0.731 bits per heavy atom. The van der Waals surface area contributed by atoms with Crippen molar-refractivity contribution in [3.05, 3.63) is 71.8 Å². The molecule has 0 N–H and O–H groups in total. The highest BCUT2D eigenvalue weighted by Crippen LogP contribution is 2.12. The van der Waals surface area contributed by atoms with Crippen LogP contribution in [-0.4, -0.2) is 56.1 Å². The van der Waals surface area contributed by atoms with Crippen LogP contribution in [0.4, 0.5) is 0 Å². The van der Waals surface area contributed by atoms with Gasteiger partial charge in [0.25, 0.3) is 0 Å². The Kier molecular flexibility index (Phi) is 6.83. The molecule has 0 saturated carbocycles. The summed E-state index contributed by atoms with van der Waals surface area (Å²) in [5.41, 5.74) is 2.45. The predicted octanol–water partition coefficient (Wildman–Crippen LogP) is 2.81. The Labute approximate surface area is 157 Å². The molecule has 2 aromatic rings. The molecule has 3 rings (SSSR count). The highest BCUT2D eigenvalue weighted by molar-refractivity contribution is 7.89. The van der Waals surface area contributed by atoms with Gasteiger partial charge in [0.15, 0.2) is 0 Å². The molecule has 0 spiro atoms. The fourth-order valence-corrected chi connectivity index (χ4v) is 4.87. The molecule has 1 fully saturated rings. The van der Waals surface area contributed by atoms with E-state index in [1.54, 1.807) is 4.31 Å². The Hall–Kier alpha value is -1.69. The van der Waals surface area contributed by atoms with Crippen LogP contribution >= 0.6 is 0 Å². The maximum atomic E-state index is 12.6.